The summed E-state index contributed by atoms with van der Waals surface area (Å²) in [6, 6.07) is 20.1. The van der Waals surface area contributed by atoms with Crippen molar-refractivity contribution in [1.29, 1.82) is 0 Å². The van der Waals surface area contributed by atoms with E-state index < -0.39 is 28.7 Å². The molecule has 6 nitrogen and oxygen atoms in total. The maximum atomic E-state index is 13.2. The molecule has 0 unspecified atom stereocenters. The summed E-state index contributed by atoms with van der Waals surface area (Å²) in [7, 11) is 0. The molecule has 0 bridgehead atoms. The van der Waals surface area contributed by atoms with Crippen LogP contribution in [0.1, 0.15) is 26.3 Å². The highest BCUT2D eigenvalue weighted by molar-refractivity contribution is 6.31. The standard InChI is InChI=1S/C23H14Cl2N2O4/c24-16-10-6-14(7-11-16)20(28)19-22(30)26(18-4-2-1-3-5-18)27(23(19)31)21(29)15-8-12-17(25)13-9-15/h1-13,31H. The van der Waals surface area contributed by atoms with Crippen LogP contribution >= 0.6 is 23.2 Å². The van der Waals surface area contributed by atoms with E-state index in [1.165, 1.54) is 48.5 Å². The highest BCUT2D eigenvalue weighted by Gasteiger charge is 2.30. The van der Waals surface area contributed by atoms with Crippen molar-refractivity contribution in [1.82, 2.24) is 9.36 Å². The van der Waals surface area contributed by atoms with Crippen LogP contribution in [0.15, 0.2) is 83.7 Å². The second kappa shape index (κ2) is 8.26. The van der Waals surface area contributed by atoms with Gasteiger partial charge in [0, 0.05) is 21.2 Å². The van der Waals surface area contributed by atoms with Gasteiger partial charge in [-0.1, -0.05) is 41.4 Å². The van der Waals surface area contributed by atoms with Crippen LogP contribution in [-0.4, -0.2) is 26.2 Å². The molecule has 4 rings (SSSR count). The lowest BCUT2D eigenvalue weighted by atomic mass is 10.1. The molecule has 0 amide bonds. The Hall–Kier alpha value is -3.61. The van der Waals surface area contributed by atoms with Crippen LogP contribution in [0.4, 0.5) is 0 Å². The lowest BCUT2D eigenvalue weighted by molar-refractivity contribution is 0.0924. The normalized spacial score (nSPS) is 10.8. The number of halogens is 2. The molecule has 3 aromatic carbocycles. The van der Waals surface area contributed by atoms with Gasteiger partial charge < -0.3 is 5.11 Å². The smallest absolute Gasteiger partial charge is 0.287 e. The Labute approximate surface area is 186 Å². The van der Waals surface area contributed by atoms with E-state index in [0.29, 0.717) is 15.7 Å². The van der Waals surface area contributed by atoms with Crippen molar-refractivity contribution in [2.45, 2.75) is 0 Å². The van der Waals surface area contributed by atoms with Crippen molar-refractivity contribution in [2.75, 3.05) is 0 Å². The maximum Gasteiger partial charge on any atom is 0.287 e. The molecule has 31 heavy (non-hydrogen) atoms. The van der Waals surface area contributed by atoms with Crippen molar-refractivity contribution in [3.63, 3.8) is 0 Å². The minimum Gasteiger partial charge on any atom is -0.493 e. The lowest BCUT2D eigenvalue weighted by Crippen LogP contribution is -2.27. The topological polar surface area (TPSA) is 81.3 Å². The van der Waals surface area contributed by atoms with Gasteiger partial charge in [0.2, 0.25) is 11.7 Å². The minimum atomic E-state index is -0.828. The highest BCUT2D eigenvalue weighted by Crippen LogP contribution is 2.23. The van der Waals surface area contributed by atoms with E-state index in [4.69, 9.17) is 23.2 Å². The van der Waals surface area contributed by atoms with Crippen LogP contribution < -0.4 is 5.56 Å². The summed E-state index contributed by atoms with van der Waals surface area (Å²) in [5.74, 6) is -2.19. The van der Waals surface area contributed by atoms with Gasteiger partial charge in [0.1, 0.15) is 0 Å². The van der Waals surface area contributed by atoms with Crippen LogP contribution in [-0.2, 0) is 0 Å². The van der Waals surface area contributed by atoms with Gasteiger partial charge in [0.25, 0.3) is 11.5 Å². The van der Waals surface area contributed by atoms with E-state index in [9.17, 15) is 19.5 Å². The molecule has 0 aliphatic rings. The molecular weight excluding hydrogens is 439 g/mol. The quantitative estimate of drug-likeness (QED) is 0.459. The lowest BCUT2D eigenvalue weighted by Gasteiger charge is -2.11. The fourth-order valence-corrected chi connectivity index (χ4v) is 3.39. The Morgan fingerprint density at radius 3 is 1.81 bits per heavy atom. The van der Waals surface area contributed by atoms with Crippen molar-refractivity contribution >= 4 is 34.9 Å². The summed E-state index contributed by atoms with van der Waals surface area (Å²) >= 11 is 11.8. The second-order valence-corrected chi connectivity index (χ2v) is 7.48. The van der Waals surface area contributed by atoms with Crippen LogP contribution in [0, 0.1) is 0 Å². The number of rotatable bonds is 4. The summed E-state index contributed by atoms with van der Waals surface area (Å²) in [5.41, 5.74) is -0.724. The summed E-state index contributed by atoms with van der Waals surface area (Å²) in [4.78, 5) is 39.5. The number of aromatic nitrogens is 2. The first-order valence-electron chi connectivity index (χ1n) is 9.11. The molecule has 1 heterocycles. The van der Waals surface area contributed by atoms with E-state index in [1.807, 2.05) is 0 Å². The first-order valence-corrected chi connectivity index (χ1v) is 9.87. The predicted octanol–water partition coefficient (Wildman–Crippen LogP) is 4.57. The van der Waals surface area contributed by atoms with Gasteiger partial charge in [-0.2, -0.15) is 4.68 Å². The van der Waals surface area contributed by atoms with Crippen LogP contribution in [0.5, 0.6) is 5.88 Å². The largest absolute Gasteiger partial charge is 0.493 e. The number of hydrogen-bond donors (Lipinski definition) is 1. The van der Waals surface area contributed by atoms with Gasteiger partial charge in [-0.05, 0) is 60.7 Å². The molecule has 0 atom stereocenters. The Morgan fingerprint density at radius 2 is 1.26 bits per heavy atom. The van der Waals surface area contributed by atoms with Crippen molar-refractivity contribution < 1.29 is 14.7 Å². The first kappa shape index (κ1) is 20.7. The fraction of sp³-hybridized carbons (Fsp3) is 0. The zero-order valence-corrected chi connectivity index (χ0v) is 17.3. The second-order valence-electron chi connectivity index (χ2n) is 6.61. The van der Waals surface area contributed by atoms with Crippen LogP contribution in [0.25, 0.3) is 5.69 Å². The van der Waals surface area contributed by atoms with E-state index in [0.717, 1.165) is 9.36 Å². The van der Waals surface area contributed by atoms with E-state index >= 15 is 0 Å². The van der Waals surface area contributed by atoms with Crippen molar-refractivity contribution in [3.8, 4) is 11.6 Å². The molecule has 0 saturated heterocycles. The highest BCUT2D eigenvalue weighted by atomic mass is 35.5. The fourth-order valence-electron chi connectivity index (χ4n) is 3.14. The van der Waals surface area contributed by atoms with Crippen molar-refractivity contribution in [3.05, 3.63) is 116 Å². The number of benzene rings is 3. The zero-order chi connectivity index (χ0) is 22.1. The third-order valence-electron chi connectivity index (χ3n) is 4.65. The molecule has 0 saturated carbocycles. The monoisotopic (exact) mass is 452 g/mol. The molecule has 0 aliphatic heterocycles. The van der Waals surface area contributed by atoms with Gasteiger partial charge in [-0.15, -0.1) is 0 Å². The third kappa shape index (κ3) is 3.79. The molecule has 154 valence electrons. The number of carbonyl (C=O) groups excluding carboxylic acids is 2. The Morgan fingerprint density at radius 1 is 0.742 bits per heavy atom. The number of para-hydroxylation sites is 1. The van der Waals surface area contributed by atoms with E-state index in [1.54, 1.807) is 30.3 Å². The molecule has 0 spiro atoms. The van der Waals surface area contributed by atoms with Gasteiger partial charge in [0.15, 0.2) is 5.56 Å². The van der Waals surface area contributed by atoms with Gasteiger partial charge in [-0.25, -0.2) is 4.68 Å². The molecule has 1 aromatic heterocycles. The molecule has 0 radical (unpaired) electrons. The Balaban J connectivity index is 1.95. The zero-order valence-electron chi connectivity index (χ0n) is 15.8. The maximum absolute atomic E-state index is 13.2. The molecule has 4 aromatic rings. The molecule has 8 heteroatoms. The van der Waals surface area contributed by atoms with Crippen molar-refractivity contribution in [2.24, 2.45) is 0 Å². The molecule has 0 aliphatic carbocycles. The summed E-state index contributed by atoms with van der Waals surface area (Å²) in [6.45, 7) is 0. The average molecular weight is 453 g/mol. The summed E-state index contributed by atoms with van der Waals surface area (Å²) in [6.07, 6.45) is 0. The summed E-state index contributed by atoms with van der Waals surface area (Å²) < 4.78 is 1.75. The third-order valence-corrected chi connectivity index (χ3v) is 5.15. The molecule has 0 fully saturated rings. The first-order chi connectivity index (χ1) is 14.9. The van der Waals surface area contributed by atoms with Gasteiger partial charge in [0.05, 0.1) is 5.69 Å². The number of hydrogen-bond acceptors (Lipinski definition) is 4. The van der Waals surface area contributed by atoms with Gasteiger partial charge >= 0.3 is 0 Å². The van der Waals surface area contributed by atoms with Gasteiger partial charge in [-0.3, -0.25) is 14.4 Å². The number of ketones is 1. The van der Waals surface area contributed by atoms with Crippen LogP contribution in [0.3, 0.4) is 0 Å². The molecular formula is C23H14Cl2N2O4. The summed E-state index contributed by atoms with van der Waals surface area (Å²) in [5, 5.41) is 11.7. The number of nitrogens with zero attached hydrogens (tertiary/aromatic N) is 2. The minimum absolute atomic E-state index is 0.146. The Kier molecular flexibility index (Phi) is 5.50. The van der Waals surface area contributed by atoms with E-state index in [2.05, 4.69) is 0 Å². The van der Waals surface area contributed by atoms with Crippen LogP contribution in [0.2, 0.25) is 10.0 Å². The average Bonchev–Trinajstić information content (AvgIpc) is 3.04. The number of aromatic hydroxyl groups is 1. The van der Waals surface area contributed by atoms with E-state index in [-0.39, 0.29) is 11.1 Å². The SMILES string of the molecule is O=C(c1ccc(Cl)cc1)c1c(O)n(C(=O)c2ccc(Cl)cc2)n(-c2ccccc2)c1=O. The number of carbonyl (C=O) groups is 2. The molecule has 1 N–H and O–H groups in total. The predicted molar refractivity (Wildman–Crippen MR) is 118 cm³/mol. The Bertz CT molecular complexity index is 1340.